The van der Waals surface area contributed by atoms with E-state index in [2.05, 4.69) is 91.2 Å². The molecule has 0 aliphatic carbocycles. The van der Waals surface area contributed by atoms with Gasteiger partial charge in [0, 0.05) is 16.3 Å². The van der Waals surface area contributed by atoms with E-state index in [1.165, 1.54) is 44.1 Å². The first-order valence-corrected chi connectivity index (χ1v) is 9.71. The summed E-state index contributed by atoms with van der Waals surface area (Å²) in [6, 6.07) is 23.9. The molecule has 2 nitrogen and oxygen atoms in total. The van der Waals surface area contributed by atoms with Crippen LogP contribution in [0.1, 0.15) is 25.0 Å². The minimum absolute atomic E-state index is 1.02. The van der Waals surface area contributed by atoms with Gasteiger partial charge < -0.3 is 0 Å². The fourth-order valence-corrected chi connectivity index (χ4v) is 4.34. The Labute approximate surface area is 159 Å². The number of imidazole rings is 1. The van der Waals surface area contributed by atoms with Gasteiger partial charge in [-0.25, -0.2) is 4.98 Å². The smallest absolute Gasteiger partial charge is 0.145 e. The molecule has 0 unspecified atom stereocenters. The van der Waals surface area contributed by atoms with Gasteiger partial charge in [-0.2, -0.15) is 0 Å². The zero-order valence-electron chi connectivity index (χ0n) is 15.7. The van der Waals surface area contributed by atoms with Gasteiger partial charge in [0.25, 0.3) is 0 Å². The van der Waals surface area contributed by atoms with Crippen LogP contribution >= 0.6 is 0 Å². The lowest BCUT2D eigenvalue weighted by Gasteiger charge is -2.15. The zero-order valence-corrected chi connectivity index (χ0v) is 15.7. The van der Waals surface area contributed by atoms with Crippen molar-refractivity contribution in [3.63, 3.8) is 0 Å². The van der Waals surface area contributed by atoms with E-state index in [9.17, 15) is 0 Å². The lowest BCUT2D eigenvalue weighted by atomic mass is 9.95. The lowest BCUT2D eigenvalue weighted by molar-refractivity contribution is 1.08. The van der Waals surface area contributed by atoms with Gasteiger partial charge in [-0.15, -0.1) is 0 Å². The number of para-hydroxylation sites is 1. The molecule has 3 aromatic carbocycles. The first kappa shape index (κ1) is 16.1. The minimum Gasteiger partial charge on any atom is -0.292 e. The molecule has 2 heterocycles. The normalized spacial score (nSPS) is 11.6. The molecule has 0 amide bonds. The van der Waals surface area contributed by atoms with Gasteiger partial charge in [-0.1, -0.05) is 74.5 Å². The van der Waals surface area contributed by atoms with Crippen LogP contribution in [-0.4, -0.2) is 9.38 Å². The highest BCUT2D eigenvalue weighted by Gasteiger charge is 2.17. The highest BCUT2D eigenvalue weighted by atomic mass is 15.0. The van der Waals surface area contributed by atoms with Gasteiger partial charge in [-0.3, -0.25) is 4.40 Å². The van der Waals surface area contributed by atoms with Gasteiger partial charge in [0.2, 0.25) is 0 Å². The predicted octanol–water partition coefficient (Wildman–Crippen LogP) is 6.43. The van der Waals surface area contributed by atoms with Crippen molar-refractivity contribution >= 4 is 27.3 Å². The van der Waals surface area contributed by atoms with Crippen LogP contribution in [0.2, 0.25) is 0 Å². The van der Waals surface area contributed by atoms with Gasteiger partial charge in [0.05, 0.1) is 17.4 Å². The molecule has 0 bridgehead atoms. The molecule has 2 heteroatoms. The number of pyridine rings is 1. The summed E-state index contributed by atoms with van der Waals surface area (Å²) in [6.45, 7) is 4.46. The maximum Gasteiger partial charge on any atom is 0.145 e. The van der Waals surface area contributed by atoms with Crippen molar-refractivity contribution in [2.45, 2.75) is 26.7 Å². The average Bonchev–Trinajstić information content (AvgIpc) is 3.18. The van der Waals surface area contributed by atoms with Crippen molar-refractivity contribution in [3.8, 4) is 11.3 Å². The Hall–Kier alpha value is -3.13. The van der Waals surface area contributed by atoms with E-state index >= 15 is 0 Å². The number of aromatic nitrogens is 2. The van der Waals surface area contributed by atoms with Gasteiger partial charge in [0.1, 0.15) is 5.65 Å². The van der Waals surface area contributed by atoms with Crippen molar-refractivity contribution in [1.82, 2.24) is 9.38 Å². The lowest BCUT2D eigenvalue weighted by Crippen LogP contribution is -1.99. The number of fused-ring (bicyclic) bond motifs is 6. The number of hydrogen-bond donors (Lipinski definition) is 0. The Morgan fingerprint density at radius 3 is 2.04 bits per heavy atom. The molecule has 0 saturated heterocycles. The molecular formula is C25H22N2. The summed E-state index contributed by atoms with van der Waals surface area (Å²) >= 11 is 0. The third-order valence-corrected chi connectivity index (χ3v) is 5.62. The summed E-state index contributed by atoms with van der Waals surface area (Å²) in [7, 11) is 0. The molecule has 0 aliphatic heterocycles. The van der Waals surface area contributed by atoms with Crippen molar-refractivity contribution < 1.29 is 0 Å². The highest BCUT2D eigenvalue weighted by molar-refractivity contribution is 6.12. The second kappa shape index (κ2) is 6.24. The summed E-state index contributed by atoms with van der Waals surface area (Å²) in [6.07, 6.45) is 4.09. The van der Waals surface area contributed by atoms with E-state index in [4.69, 9.17) is 4.98 Å². The van der Waals surface area contributed by atoms with E-state index in [-0.39, 0.29) is 0 Å². The number of aryl methyl sites for hydroxylation is 2. The first-order chi connectivity index (χ1) is 13.3. The van der Waals surface area contributed by atoms with E-state index in [1.807, 2.05) is 0 Å². The third-order valence-electron chi connectivity index (χ3n) is 5.62. The monoisotopic (exact) mass is 350 g/mol. The maximum atomic E-state index is 4.89. The molecule has 5 aromatic rings. The molecule has 27 heavy (non-hydrogen) atoms. The highest BCUT2D eigenvalue weighted by Crippen LogP contribution is 2.35. The summed E-state index contributed by atoms with van der Waals surface area (Å²) in [5.74, 6) is 0. The Kier molecular flexibility index (Phi) is 3.71. The van der Waals surface area contributed by atoms with Crippen LogP contribution in [0, 0.1) is 0 Å². The van der Waals surface area contributed by atoms with Crippen LogP contribution in [0.5, 0.6) is 0 Å². The van der Waals surface area contributed by atoms with Gasteiger partial charge in [-0.05, 0) is 35.4 Å². The Bertz CT molecular complexity index is 1270. The minimum atomic E-state index is 1.02. The van der Waals surface area contributed by atoms with Gasteiger partial charge in [0.15, 0.2) is 0 Å². The molecule has 0 radical (unpaired) electrons. The summed E-state index contributed by atoms with van der Waals surface area (Å²) < 4.78 is 2.35. The molecule has 0 spiro atoms. The second-order valence-corrected chi connectivity index (χ2v) is 7.02. The molecule has 0 N–H and O–H groups in total. The number of rotatable bonds is 3. The Morgan fingerprint density at radius 1 is 0.704 bits per heavy atom. The molecule has 5 rings (SSSR count). The third kappa shape index (κ3) is 2.30. The number of benzene rings is 3. The molecular weight excluding hydrogens is 328 g/mol. The van der Waals surface area contributed by atoms with Crippen molar-refractivity contribution in [1.29, 1.82) is 0 Å². The molecule has 0 saturated carbocycles. The summed E-state index contributed by atoms with van der Waals surface area (Å²) in [4.78, 5) is 4.89. The van der Waals surface area contributed by atoms with Crippen LogP contribution < -0.4 is 0 Å². The summed E-state index contributed by atoms with van der Waals surface area (Å²) in [5, 5.41) is 3.73. The molecule has 132 valence electrons. The molecule has 0 fully saturated rings. The predicted molar refractivity (Wildman–Crippen MR) is 114 cm³/mol. The van der Waals surface area contributed by atoms with E-state index < -0.39 is 0 Å². The second-order valence-electron chi connectivity index (χ2n) is 7.02. The van der Waals surface area contributed by atoms with E-state index in [0.717, 1.165) is 18.5 Å². The van der Waals surface area contributed by atoms with Crippen LogP contribution in [0.4, 0.5) is 0 Å². The van der Waals surface area contributed by atoms with Crippen LogP contribution in [-0.2, 0) is 12.8 Å². The largest absolute Gasteiger partial charge is 0.292 e. The van der Waals surface area contributed by atoms with Gasteiger partial charge >= 0.3 is 0 Å². The molecule has 0 atom stereocenters. The molecule has 0 aliphatic rings. The van der Waals surface area contributed by atoms with Crippen molar-refractivity contribution in [3.05, 3.63) is 84.1 Å². The maximum absolute atomic E-state index is 4.89. The Balaban J connectivity index is 2.01. The quantitative estimate of drug-likeness (QED) is 0.343. The Morgan fingerprint density at radius 2 is 1.33 bits per heavy atom. The standard InChI is InChI=1S/C25H22N2/c1-3-17-10-9-11-18(4-2)24(17)23-16-26-25-21-14-6-5-12-19(21)20-13-7-8-15-22(20)27(23)25/h5-16H,3-4H2,1-2H3. The van der Waals surface area contributed by atoms with E-state index in [1.54, 1.807) is 0 Å². The first-order valence-electron chi connectivity index (χ1n) is 9.71. The number of nitrogens with zero attached hydrogens (tertiary/aromatic N) is 2. The van der Waals surface area contributed by atoms with Crippen LogP contribution in [0.3, 0.4) is 0 Å². The topological polar surface area (TPSA) is 17.3 Å². The molecule has 2 aromatic heterocycles. The SMILES string of the molecule is CCc1cccc(CC)c1-c1cnc2c3ccccc3c3ccccc3n12. The van der Waals surface area contributed by atoms with Crippen LogP contribution in [0.15, 0.2) is 72.9 Å². The van der Waals surface area contributed by atoms with Crippen molar-refractivity contribution in [2.75, 3.05) is 0 Å². The average molecular weight is 350 g/mol. The fourth-order valence-electron chi connectivity index (χ4n) is 4.34. The summed E-state index contributed by atoms with van der Waals surface area (Å²) in [5.41, 5.74) is 7.55. The number of hydrogen-bond acceptors (Lipinski definition) is 1. The van der Waals surface area contributed by atoms with E-state index in [0.29, 0.717) is 0 Å². The van der Waals surface area contributed by atoms with Crippen molar-refractivity contribution in [2.24, 2.45) is 0 Å². The zero-order chi connectivity index (χ0) is 18.4. The fraction of sp³-hybridized carbons (Fsp3) is 0.160. The van der Waals surface area contributed by atoms with Crippen LogP contribution in [0.25, 0.3) is 38.6 Å².